The summed E-state index contributed by atoms with van der Waals surface area (Å²) in [5, 5.41) is 2.80. The molecule has 0 bridgehead atoms. The van der Waals surface area contributed by atoms with Gasteiger partial charge in [0.2, 0.25) is 11.8 Å². The van der Waals surface area contributed by atoms with E-state index in [1.54, 1.807) is 19.4 Å². The molecule has 0 aliphatic carbocycles. The van der Waals surface area contributed by atoms with Crippen LogP contribution in [0.5, 0.6) is 5.88 Å². The number of rotatable bonds is 6. The maximum absolute atomic E-state index is 11.3. The molecule has 0 fully saturated rings. The van der Waals surface area contributed by atoms with Crippen LogP contribution in [0.15, 0.2) is 18.3 Å². The van der Waals surface area contributed by atoms with E-state index in [1.807, 2.05) is 6.07 Å². The van der Waals surface area contributed by atoms with Crippen LogP contribution in [0.4, 0.5) is 0 Å². The number of amides is 1. The monoisotopic (exact) mass is 242 g/mol. The minimum atomic E-state index is 0.0106. The highest BCUT2D eigenvalue weighted by Gasteiger charge is 2.01. The van der Waals surface area contributed by atoms with E-state index in [0.717, 1.165) is 5.56 Å². The predicted octanol–water partition coefficient (Wildman–Crippen LogP) is 1.73. The fourth-order valence-corrected chi connectivity index (χ4v) is 1.32. The molecule has 0 aromatic carbocycles. The van der Waals surface area contributed by atoms with Crippen molar-refractivity contribution >= 4 is 17.5 Å². The summed E-state index contributed by atoms with van der Waals surface area (Å²) in [5.74, 6) is 1.07. The van der Waals surface area contributed by atoms with Crippen LogP contribution in [0.2, 0.25) is 0 Å². The maximum Gasteiger partial charge on any atom is 0.220 e. The van der Waals surface area contributed by atoms with E-state index in [1.165, 1.54) is 0 Å². The lowest BCUT2D eigenvalue weighted by Gasteiger charge is -2.05. The number of aromatic nitrogens is 1. The Balaban J connectivity index is 2.38. The molecular weight excluding hydrogens is 228 g/mol. The third kappa shape index (κ3) is 4.49. The van der Waals surface area contributed by atoms with E-state index in [9.17, 15) is 4.79 Å². The largest absolute Gasteiger partial charge is 0.481 e. The van der Waals surface area contributed by atoms with Crippen LogP contribution >= 0.6 is 11.6 Å². The predicted molar refractivity (Wildman–Crippen MR) is 62.6 cm³/mol. The lowest BCUT2D eigenvalue weighted by molar-refractivity contribution is -0.121. The lowest BCUT2D eigenvalue weighted by Crippen LogP contribution is -2.22. The van der Waals surface area contributed by atoms with Crippen LogP contribution in [-0.4, -0.2) is 23.9 Å². The smallest absolute Gasteiger partial charge is 0.220 e. The minimum Gasteiger partial charge on any atom is -0.481 e. The summed E-state index contributed by atoms with van der Waals surface area (Å²) < 4.78 is 4.99. The topological polar surface area (TPSA) is 51.2 Å². The molecule has 1 aromatic heterocycles. The highest BCUT2D eigenvalue weighted by molar-refractivity contribution is 6.17. The molecular formula is C11H15ClN2O2. The molecule has 0 aliphatic heterocycles. The van der Waals surface area contributed by atoms with Gasteiger partial charge in [-0.3, -0.25) is 4.79 Å². The van der Waals surface area contributed by atoms with Crippen molar-refractivity contribution in [2.45, 2.75) is 19.4 Å². The van der Waals surface area contributed by atoms with Gasteiger partial charge in [-0.05, 0) is 18.1 Å². The minimum absolute atomic E-state index is 0.0106. The molecule has 1 N–H and O–H groups in total. The molecule has 0 atom stereocenters. The van der Waals surface area contributed by atoms with Crippen LogP contribution in [0.25, 0.3) is 0 Å². The summed E-state index contributed by atoms with van der Waals surface area (Å²) in [4.78, 5) is 15.3. The number of alkyl halides is 1. The SMILES string of the molecule is COc1cc(CNC(=O)CCCCl)ccn1. The molecule has 0 radical (unpaired) electrons. The van der Waals surface area contributed by atoms with Crippen LogP contribution in [-0.2, 0) is 11.3 Å². The zero-order chi connectivity index (χ0) is 11.8. The first-order valence-corrected chi connectivity index (χ1v) is 5.61. The molecule has 1 aromatic rings. The van der Waals surface area contributed by atoms with Crippen molar-refractivity contribution in [2.75, 3.05) is 13.0 Å². The molecule has 0 saturated heterocycles. The van der Waals surface area contributed by atoms with Gasteiger partial charge in [-0.25, -0.2) is 4.98 Å². The van der Waals surface area contributed by atoms with Crippen molar-refractivity contribution in [3.05, 3.63) is 23.9 Å². The van der Waals surface area contributed by atoms with Gasteiger partial charge in [-0.2, -0.15) is 0 Å². The molecule has 16 heavy (non-hydrogen) atoms. The zero-order valence-electron chi connectivity index (χ0n) is 9.20. The van der Waals surface area contributed by atoms with Crippen molar-refractivity contribution in [3.8, 4) is 5.88 Å². The molecule has 5 heteroatoms. The molecule has 0 aliphatic rings. The number of hydrogen-bond donors (Lipinski definition) is 1. The van der Waals surface area contributed by atoms with Crippen LogP contribution in [0.1, 0.15) is 18.4 Å². The number of ether oxygens (including phenoxy) is 1. The summed E-state index contributed by atoms with van der Waals surface area (Å²) >= 11 is 5.50. The quantitative estimate of drug-likeness (QED) is 0.773. The number of nitrogens with one attached hydrogen (secondary N) is 1. The molecule has 1 heterocycles. The van der Waals surface area contributed by atoms with Gasteiger partial charge in [0.15, 0.2) is 0 Å². The molecule has 0 saturated carbocycles. The molecule has 0 spiro atoms. The van der Waals surface area contributed by atoms with E-state index in [4.69, 9.17) is 16.3 Å². The third-order valence-corrected chi connectivity index (χ3v) is 2.30. The average molecular weight is 243 g/mol. The molecule has 1 amide bonds. The second kappa shape index (κ2) is 7.06. The van der Waals surface area contributed by atoms with Crippen molar-refractivity contribution in [1.29, 1.82) is 0 Å². The second-order valence-corrected chi connectivity index (χ2v) is 3.65. The normalized spacial score (nSPS) is 9.88. The maximum atomic E-state index is 11.3. The summed E-state index contributed by atoms with van der Waals surface area (Å²) in [6.07, 6.45) is 2.82. The van der Waals surface area contributed by atoms with Crippen molar-refractivity contribution in [2.24, 2.45) is 0 Å². The Labute approximate surface area is 100.0 Å². The van der Waals surface area contributed by atoms with E-state index >= 15 is 0 Å². The van der Waals surface area contributed by atoms with Gasteiger partial charge < -0.3 is 10.1 Å². The van der Waals surface area contributed by atoms with E-state index in [0.29, 0.717) is 31.1 Å². The molecule has 1 rings (SSSR count). The number of halogens is 1. The van der Waals surface area contributed by atoms with Crippen molar-refractivity contribution in [3.63, 3.8) is 0 Å². The van der Waals surface area contributed by atoms with Crippen LogP contribution in [0.3, 0.4) is 0 Å². The van der Waals surface area contributed by atoms with Crippen molar-refractivity contribution in [1.82, 2.24) is 10.3 Å². The average Bonchev–Trinajstić information content (AvgIpc) is 2.34. The number of pyridine rings is 1. The van der Waals surface area contributed by atoms with Crippen LogP contribution < -0.4 is 10.1 Å². The Morgan fingerprint density at radius 2 is 2.44 bits per heavy atom. The molecule has 4 nitrogen and oxygen atoms in total. The van der Waals surface area contributed by atoms with E-state index in [-0.39, 0.29) is 5.91 Å². The highest BCUT2D eigenvalue weighted by atomic mass is 35.5. The number of nitrogens with zero attached hydrogens (tertiary/aromatic N) is 1. The Morgan fingerprint density at radius 3 is 3.12 bits per heavy atom. The summed E-state index contributed by atoms with van der Waals surface area (Å²) in [6, 6.07) is 3.63. The Kier molecular flexibility index (Phi) is 5.64. The third-order valence-electron chi connectivity index (χ3n) is 2.04. The van der Waals surface area contributed by atoms with Gasteiger partial charge in [0.05, 0.1) is 7.11 Å². The van der Waals surface area contributed by atoms with Gasteiger partial charge in [0.25, 0.3) is 0 Å². The Hall–Kier alpha value is -1.29. The second-order valence-electron chi connectivity index (χ2n) is 3.28. The fraction of sp³-hybridized carbons (Fsp3) is 0.455. The Morgan fingerprint density at radius 1 is 1.62 bits per heavy atom. The summed E-state index contributed by atoms with van der Waals surface area (Å²) in [5.41, 5.74) is 0.964. The number of methoxy groups -OCH3 is 1. The summed E-state index contributed by atoms with van der Waals surface area (Å²) in [7, 11) is 1.56. The highest BCUT2D eigenvalue weighted by Crippen LogP contribution is 2.08. The zero-order valence-corrected chi connectivity index (χ0v) is 9.96. The molecule has 0 unspecified atom stereocenters. The standard InChI is InChI=1S/C11H15ClN2O2/c1-16-11-7-9(4-6-13-11)8-14-10(15)3-2-5-12/h4,6-7H,2-3,5,8H2,1H3,(H,14,15). The van der Waals surface area contributed by atoms with Gasteiger partial charge >= 0.3 is 0 Å². The first-order valence-electron chi connectivity index (χ1n) is 5.08. The number of hydrogen-bond acceptors (Lipinski definition) is 3. The first kappa shape index (κ1) is 12.8. The first-order chi connectivity index (χ1) is 7.76. The molecule has 88 valence electrons. The van der Waals surface area contributed by atoms with Gasteiger partial charge in [0, 0.05) is 31.1 Å². The Bertz CT molecular complexity index is 345. The van der Waals surface area contributed by atoms with Gasteiger partial charge in [0.1, 0.15) is 0 Å². The fourth-order valence-electron chi connectivity index (χ4n) is 1.19. The number of carbonyl (C=O) groups is 1. The van der Waals surface area contributed by atoms with Gasteiger partial charge in [-0.15, -0.1) is 11.6 Å². The lowest BCUT2D eigenvalue weighted by atomic mass is 10.2. The van der Waals surface area contributed by atoms with Crippen LogP contribution in [0, 0.1) is 0 Å². The van der Waals surface area contributed by atoms with Gasteiger partial charge in [-0.1, -0.05) is 0 Å². The van der Waals surface area contributed by atoms with E-state index in [2.05, 4.69) is 10.3 Å². The summed E-state index contributed by atoms with van der Waals surface area (Å²) in [6.45, 7) is 0.486. The van der Waals surface area contributed by atoms with Crippen molar-refractivity contribution < 1.29 is 9.53 Å². The van der Waals surface area contributed by atoms with E-state index < -0.39 is 0 Å². The number of carbonyl (C=O) groups excluding carboxylic acids is 1.